The normalized spacial score (nSPS) is 11.3. The average molecular weight is 273 g/mol. The number of oxime groups is 1. The lowest BCUT2D eigenvalue weighted by Crippen LogP contribution is -2.18. The van der Waals surface area contributed by atoms with Crippen LogP contribution >= 0.6 is 0 Å². The van der Waals surface area contributed by atoms with Gasteiger partial charge in [0.1, 0.15) is 5.76 Å². The van der Waals surface area contributed by atoms with Gasteiger partial charge in [-0.05, 0) is 24.6 Å². The molecule has 0 saturated carbocycles. The smallest absolute Gasteiger partial charge is 0.364 e. The second-order valence-electron chi connectivity index (χ2n) is 4.10. The van der Waals surface area contributed by atoms with Crippen LogP contribution in [0.3, 0.4) is 0 Å². The zero-order valence-electron chi connectivity index (χ0n) is 11.1. The lowest BCUT2D eigenvalue weighted by atomic mass is 10.1. The number of carbonyl (C=O) groups is 1. The summed E-state index contributed by atoms with van der Waals surface area (Å²) in [5, 5.41) is 11.8. The minimum Gasteiger partial charge on any atom is -0.461 e. The second kappa shape index (κ2) is 6.56. The molecule has 0 amide bonds. The Morgan fingerprint density at radius 3 is 2.65 bits per heavy atom. The Bertz CT molecular complexity index is 601. The number of hydrogen-bond acceptors (Lipinski definition) is 5. The summed E-state index contributed by atoms with van der Waals surface area (Å²) in [4.78, 5) is 11.6. The third-order valence-corrected chi connectivity index (χ3v) is 2.69. The summed E-state index contributed by atoms with van der Waals surface area (Å²) < 4.78 is 10.3. The number of ether oxygens (including phenoxy) is 1. The van der Waals surface area contributed by atoms with E-state index in [1.165, 1.54) is 0 Å². The maximum Gasteiger partial charge on any atom is 0.364 e. The molecule has 5 heteroatoms. The average Bonchev–Trinajstić information content (AvgIpc) is 2.89. The molecule has 104 valence electrons. The molecule has 2 rings (SSSR count). The molecule has 0 spiro atoms. The van der Waals surface area contributed by atoms with E-state index in [0.717, 1.165) is 5.56 Å². The molecule has 0 unspecified atom stereocenters. The first kappa shape index (κ1) is 13.9. The van der Waals surface area contributed by atoms with Gasteiger partial charge in [0.2, 0.25) is 5.71 Å². The van der Waals surface area contributed by atoms with Gasteiger partial charge in [0.15, 0.2) is 5.76 Å². The van der Waals surface area contributed by atoms with Gasteiger partial charge in [0.25, 0.3) is 0 Å². The SMILES string of the molecule is CCOC(=O)C(=NO)c1ccc(Cc2ccccc2)o1. The Kier molecular flexibility index (Phi) is 4.55. The Balaban J connectivity index is 2.14. The van der Waals surface area contributed by atoms with Crippen molar-refractivity contribution in [3.8, 4) is 0 Å². The fourth-order valence-corrected chi connectivity index (χ4v) is 1.79. The summed E-state index contributed by atoms with van der Waals surface area (Å²) >= 11 is 0. The molecule has 1 heterocycles. The highest BCUT2D eigenvalue weighted by Crippen LogP contribution is 2.14. The maximum atomic E-state index is 11.6. The van der Waals surface area contributed by atoms with Gasteiger partial charge < -0.3 is 14.4 Å². The molecule has 0 aliphatic carbocycles. The van der Waals surface area contributed by atoms with Crippen LogP contribution in [0.25, 0.3) is 0 Å². The molecule has 0 saturated heterocycles. The van der Waals surface area contributed by atoms with Crippen LogP contribution in [-0.2, 0) is 16.0 Å². The number of rotatable bonds is 5. The third kappa shape index (κ3) is 3.26. The first-order chi connectivity index (χ1) is 9.74. The van der Waals surface area contributed by atoms with E-state index in [1.54, 1.807) is 19.1 Å². The van der Waals surface area contributed by atoms with Crippen molar-refractivity contribution in [2.24, 2.45) is 5.16 Å². The number of carbonyl (C=O) groups excluding carboxylic acids is 1. The Morgan fingerprint density at radius 1 is 1.25 bits per heavy atom. The van der Waals surface area contributed by atoms with Crippen molar-refractivity contribution in [3.05, 3.63) is 59.5 Å². The van der Waals surface area contributed by atoms with Crippen molar-refractivity contribution in [2.75, 3.05) is 6.61 Å². The molecule has 5 nitrogen and oxygen atoms in total. The second-order valence-corrected chi connectivity index (χ2v) is 4.10. The molecule has 20 heavy (non-hydrogen) atoms. The standard InChI is InChI=1S/C15H15NO4/c1-2-19-15(17)14(16-18)13-9-8-12(20-13)10-11-6-4-3-5-7-11/h3-9,18H,2,10H2,1H3. The number of nitrogens with zero attached hydrogens (tertiary/aromatic N) is 1. The highest BCUT2D eigenvalue weighted by molar-refractivity contribution is 6.42. The van der Waals surface area contributed by atoms with Gasteiger partial charge in [-0.15, -0.1) is 0 Å². The summed E-state index contributed by atoms with van der Waals surface area (Å²) in [5.74, 6) is 0.157. The summed E-state index contributed by atoms with van der Waals surface area (Å²) in [5.41, 5.74) is 0.859. The molecule has 0 fully saturated rings. The van der Waals surface area contributed by atoms with E-state index in [4.69, 9.17) is 14.4 Å². The fraction of sp³-hybridized carbons (Fsp3) is 0.200. The van der Waals surface area contributed by atoms with Crippen molar-refractivity contribution >= 4 is 11.7 Å². The monoisotopic (exact) mass is 273 g/mol. The van der Waals surface area contributed by atoms with Crippen LogP contribution < -0.4 is 0 Å². The van der Waals surface area contributed by atoms with Crippen LogP contribution in [0.2, 0.25) is 0 Å². The van der Waals surface area contributed by atoms with Crippen molar-refractivity contribution in [3.63, 3.8) is 0 Å². The Morgan fingerprint density at radius 2 is 2.00 bits per heavy atom. The quantitative estimate of drug-likeness (QED) is 0.393. The van der Waals surface area contributed by atoms with E-state index >= 15 is 0 Å². The van der Waals surface area contributed by atoms with Gasteiger partial charge in [0.05, 0.1) is 6.61 Å². The maximum absolute atomic E-state index is 11.6. The predicted octanol–water partition coefficient (Wildman–Crippen LogP) is 2.61. The van der Waals surface area contributed by atoms with Crippen molar-refractivity contribution in [1.29, 1.82) is 0 Å². The molecule has 0 atom stereocenters. The van der Waals surface area contributed by atoms with Gasteiger partial charge >= 0.3 is 5.97 Å². The highest BCUT2D eigenvalue weighted by Gasteiger charge is 2.20. The van der Waals surface area contributed by atoms with E-state index < -0.39 is 5.97 Å². The van der Waals surface area contributed by atoms with Crippen molar-refractivity contribution in [1.82, 2.24) is 0 Å². The molecule has 1 N–H and O–H groups in total. The molecule has 1 aromatic carbocycles. The largest absolute Gasteiger partial charge is 0.461 e. The zero-order chi connectivity index (χ0) is 14.4. The molecule has 1 aromatic heterocycles. The predicted molar refractivity (Wildman–Crippen MR) is 72.9 cm³/mol. The number of benzene rings is 1. The minimum atomic E-state index is -0.712. The van der Waals surface area contributed by atoms with E-state index in [9.17, 15) is 4.79 Å². The molecular formula is C15H15NO4. The zero-order valence-corrected chi connectivity index (χ0v) is 11.1. The van der Waals surface area contributed by atoms with Crippen LogP contribution in [0.5, 0.6) is 0 Å². The number of esters is 1. The molecule has 0 radical (unpaired) electrons. The van der Waals surface area contributed by atoms with Gasteiger partial charge in [-0.3, -0.25) is 0 Å². The van der Waals surface area contributed by atoms with E-state index in [1.807, 2.05) is 30.3 Å². The minimum absolute atomic E-state index is 0.192. The fourth-order valence-electron chi connectivity index (χ4n) is 1.79. The van der Waals surface area contributed by atoms with Crippen molar-refractivity contribution < 1.29 is 19.2 Å². The van der Waals surface area contributed by atoms with Gasteiger partial charge in [-0.2, -0.15) is 0 Å². The van der Waals surface area contributed by atoms with Crippen LogP contribution in [-0.4, -0.2) is 23.5 Å². The van der Waals surface area contributed by atoms with E-state index in [2.05, 4.69) is 5.16 Å². The van der Waals surface area contributed by atoms with Gasteiger partial charge in [-0.1, -0.05) is 35.5 Å². The molecule has 0 aliphatic heterocycles. The summed E-state index contributed by atoms with van der Waals surface area (Å²) in [6, 6.07) is 13.1. The summed E-state index contributed by atoms with van der Waals surface area (Å²) in [7, 11) is 0. The van der Waals surface area contributed by atoms with Gasteiger partial charge in [-0.25, -0.2) is 4.79 Å². The molecule has 2 aromatic rings. The van der Waals surface area contributed by atoms with Crippen LogP contribution in [0.1, 0.15) is 24.0 Å². The summed E-state index contributed by atoms with van der Waals surface area (Å²) in [6.45, 7) is 1.88. The van der Waals surface area contributed by atoms with Crippen LogP contribution in [0.4, 0.5) is 0 Å². The van der Waals surface area contributed by atoms with E-state index in [0.29, 0.717) is 12.2 Å². The topological polar surface area (TPSA) is 72.0 Å². The van der Waals surface area contributed by atoms with Crippen LogP contribution in [0, 0.1) is 0 Å². The lowest BCUT2D eigenvalue weighted by Gasteiger charge is -2.01. The Hall–Kier alpha value is -2.56. The highest BCUT2D eigenvalue weighted by atomic mass is 16.5. The van der Waals surface area contributed by atoms with Crippen molar-refractivity contribution in [2.45, 2.75) is 13.3 Å². The number of hydrogen-bond donors (Lipinski definition) is 1. The molecule has 0 bridgehead atoms. The molecular weight excluding hydrogens is 258 g/mol. The molecule has 0 aliphatic rings. The van der Waals surface area contributed by atoms with E-state index in [-0.39, 0.29) is 18.1 Å². The first-order valence-electron chi connectivity index (χ1n) is 6.26. The first-order valence-corrected chi connectivity index (χ1v) is 6.26. The Labute approximate surface area is 116 Å². The lowest BCUT2D eigenvalue weighted by molar-refractivity contribution is -0.135. The summed E-state index contributed by atoms with van der Waals surface area (Å²) in [6.07, 6.45) is 0.600. The van der Waals surface area contributed by atoms with Gasteiger partial charge in [0, 0.05) is 6.42 Å². The third-order valence-electron chi connectivity index (χ3n) is 2.69. The number of furan rings is 1. The van der Waals surface area contributed by atoms with Crippen LogP contribution in [0.15, 0.2) is 52.0 Å².